The van der Waals surface area contributed by atoms with E-state index in [1.54, 1.807) is 24.5 Å². The highest BCUT2D eigenvalue weighted by Crippen LogP contribution is 2.21. The second-order valence-electron chi connectivity index (χ2n) is 3.71. The molecule has 7 heteroatoms. The zero-order chi connectivity index (χ0) is 13.1. The van der Waals surface area contributed by atoms with Gasteiger partial charge in [0.15, 0.2) is 5.82 Å². The Kier molecular flexibility index (Phi) is 3.61. The largest absolute Gasteiger partial charge is 0.478 e. The minimum absolute atomic E-state index is 0.235. The Bertz CT molecular complexity index is 582. The molecular weight excluding hydrogens is 300 g/mol. The molecular formula is C11H11BrN4O2. The number of carboxylic acids is 1. The van der Waals surface area contributed by atoms with Crippen LogP contribution in [0.15, 0.2) is 29.0 Å². The van der Waals surface area contributed by atoms with Crippen LogP contribution < -0.4 is 5.32 Å². The van der Waals surface area contributed by atoms with Crippen molar-refractivity contribution < 1.29 is 9.90 Å². The number of aromatic carboxylic acids is 1. The van der Waals surface area contributed by atoms with Crippen LogP contribution in [0.4, 0.5) is 5.69 Å². The van der Waals surface area contributed by atoms with Gasteiger partial charge in [0.2, 0.25) is 0 Å². The lowest BCUT2D eigenvalue weighted by atomic mass is 10.2. The predicted octanol–water partition coefficient (Wildman–Crippen LogP) is 1.89. The first kappa shape index (κ1) is 12.6. The lowest BCUT2D eigenvalue weighted by Gasteiger charge is -2.07. The molecule has 1 aromatic carbocycles. The molecule has 0 unspecified atom stereocenters. The fourth-order valence-corrected chi connectivity index (χ4v) is 2.00. The summed E-state index contributed by atoms with van der Waals surface area (Å²) in [6.45, 7) is 0.523. The third-order valence-electron chi connectivity index (χ3n) is 2.46. The van der Waals surface area contributed by atoms with Crippen LogP contribution in [0, 0.1) is 0 Å². The van der Waals surface area contributed by atoms with Gasteiger partial charge in [-0.15, -0.1) is 10.2 Å². The molecule has 2 rings (SSSR count). The van der Waals surface area contributed by atoms with Crippen LogP contribution in [0.25, 0.3) is 0 Å². The minimum Gasteiger partial charge on any atom is -0.478 e. The average Bonchev–Trinajstić information content (AvgIpc) is 2.72. The molecule has 0 aliphatic carbocycles. The molecule has 0 fully saturated rings. The monoisotopic (exact) mass is 310 g/mol. The van der Waals surface area contributed by atoms with E-state index in [1.807, 2.05) is 11.6 Å². The zero-order valence-electron chi connectivity index (χ0n) is 9.59. The van der Waals surface area contributed by atoms with Crippen LogP contribution >= 0.6 is 15.9 Å². The van der Waals surface area contributed by atoms with Crippen molar-refractivity contribution >= 4 is 27.6 Å². The smallest absolute Gasteiger partial charge is 0.336 e. The first-order valence-corrected chi connectivity index (χ1v) is 5.97. The van der Waals surface area contributed by atoms with Gasteiger partial charge in [0.1, 0.15) is 6.33 Å². The highest BCUT2D eigenvalue weighted by molar-refractivity contribution is 9.10. The van der Waals surface area contributed by atoms with Crippen LogP contribution in [0.3, 0.4) is 0 Å². The predicted molar refractivity (Wildman–Crippen MR) is 69.4 cm³/mol. The fourth-order valence-electron chi connectivity index (χ4n) is 1.45. The van der Waals surface area contributed by atoms with E-state index in [9.17, 15) is 4.79 Å². The number of benzene rings is 1. The average molecular weight is 311 g/mol. The first-order valence-electron chi connectivity index (χ1n) is 5.17. The molecule has 0 saturated heterocycles. The van der Waals surface area contributed by atoms with Gasteiger partial charge in [0.05, 0.1) is 12.1 Å². The molecule has 0 aliphatic rings. The summed E-state index contributed by atoms with van der Waals surface area (Å²) in [4.78, 5) is 10.9. The Balaban J connectivity index is 2.09. The Labute approximate surface area is 112 Å². The van der Waals surface area contributed by atoms with Crippen molar-refractivity contribution in [2.45, 2.75) is 6.54 Å². The molecule has 0 bridgehead atoms. The summed E-state index contributed by atoms with van der Waals surface area (Å²) in [6, 6.07) is 4.98. The van der Waals surface area contributed by atoms with Crippen molar-refractivity contribution in [2.24, 2.45) is 7.05 Å². The van der Waals surface area contributed by atoms with Crippen LogP contribution in [0.2, 0.25) is 0 Å². The Hall–Kier alpha value is -1.89. The second kappa shape index (κ2) is 5.18. The minimum atomic E-state index is -0.957. The molecule has 0 saturated carbocycles. The highest BCUT2D eigenvalue weighted by atomic mass is 79.9. The van der Waals surface area contributed by atoms with Crippen LogP contribution in [0.1, 0.15) is 16.2 Å². The summed E-state index contributed by atoms with van der Waals surface area (Å²) in [5, 5.41) is 19.8. The Morgan fingerprint density at radius 3 is 2.89 bits per heavy atom. The van der Waals surface area contributed by atoms with Crippen molar-refractivity contribution in [1.82, 2.24) is 14.8 Å². The van der Waals surface area contributed by atoms with Crippen LogP contribution in [-0.4, -0.2) is 25.8 Å². The van der Waals surface area contributed by atoms with Gasteiger partial charge in [-0.3, -0.25) is 0 Å². The lowest BCUT2D eigenvalue weighted by Crippen LogP contribution is -2.06. The summed E-state index contributed by atoms with van der Waals surface area (Å²) >= 11 is 3.23. The highest BCUT2D eigenvalue weighted by Gasteiger charge is 2.08. The van der Waals surface area contributed by atoms with E-state index in [1.165, 1.54) is 0 Å². The first-order chi connectivity index (χ1) is 8.58. The fraction of sp³-hybridized carbons (Fsp3) is 0.182. The van der Waals surface area contributed by atoms with Crippen molar-refractivity contribution in [3.8, 4) is 0 Å². The summed E-state index contributed by atoms with van der Waals surface area (Å²) < 4.78 is 2.35. The van der Waals surface area contributed by atoms with Gasteiger partial charge in [-0.1, -0.05) is 0 Å². The molecule has 2 aromatic rings. The molecule has 1 heterocycles. The van der Waals surface area contributed by atoms with E-state index in [-0.39, 0.29) is 5.56 Å². The number of aromatic nitrogens is 3. The number of anilines is 1. The zero-order valence-corrected chi connectivity index (χ0v) is 11.2. The van der Waals surface area contributed by atoms with E-state index in [2.05, 4.69) is 31.4 Å². The number of hydrogen-bond acceptors (Lipinski definition) is 4. The number of nitrogens with zero attached hydrogens (tertiary/aromatic N) is 3. The van der Waals surface area contributed by atoms with Crippen molar-refractivity contribution in [3.05, 3.63) is 40.4 Å². The number of aryl methyl sites for hydroxylation is 1. The van der Waals surface area contributed by atoms with Crippen LogP contribution in [-0.2, 0) is 13.6 Å². The van der Waals surface area contributed by atoms with Gasteiger partial charge in [-0.25, -0.2) is 4.79 Å². The van der Waals surface area contributed by atoms with Gasteiger partial charge < -0.3 is 15.0 Å². The quantitative estimate of drug-likeness (QED) is 0.901. The number of halogens is 1. The molecule has 2 N–H and O–H groups in total. The van der Waals surface area contributed by atoms with E-state index in [0.717, 1.165) is 11.5 Å². The SMILES string of the molecule is Cn1cnnc1CNc1ccc(C(=O)O)c(Br)c1. The topological polar surface area (TPSA) is 80.0 Å². The Morgan fingerprint density at radius 2 is 2.33 bits per heavy atom. The molecule has 0 amide bonds. The van der Waals surface area contributed by atoms with Gasteiger partial charge in [0.25, 0.3) is 0 Å². The maximum absolute atomic E-state index is 10.9. The molecule has 18 heavy (non-hydrogen) atoms. The molecule has 6 nitrogen and oxygen atoms in total. The molecule has 0 spiro atoms. The van der Waals surface area contributed by atoms with Gasteiger partial charge in [0, 0.05) is 17.2 Å². The summed E-state index contributed by atoms with van der Waals surface area (Å²) in [6.07, 6.45) is 1.63. The maximum Gasteiger partial charge on any atom is 0.336 e. The summed E-state index contributed by atoms with van der Waals surface area (Å²) in [5.74, 6) is -0.157. The summed E-state index contributed by atoms with van der Waals surface area (Å²) in [7, 11) is 1.86. The number of nitrogens with one attached hydrogen (secondary N) is 1. The molecule has 94 valence electrons. The van der Waals surface area contributed by atoms with Gasteiger partial charge in [-0.05, 0) is 34.1 Å². The third kappa shape index (κ3) is 2.67. The number of carbonyl (C=O) groups is 1. The number of carboxylic acid groups (broad SMARTS) is 1. The van der Waals surface area contributed by atoms with Crippen molar-refractivity contribution in [3.63, 3.8) is 0 Å². The number of hydrogen-bond donors (Lipinski definition) is 2. The normalized spacial score (nSPS) is 10.3. The number of rotatable bonds is 4. The standard InChI is InChI=1S/C11H11BrN4O2/c1-16-6-14-15-10(16)5-13-7-2-3-8(11(17)18)9(12)4-7/h2-4,6,13H,5H2,1H3,(H,17,18). The van der Waals surface area contributed by atoms with Crippen LogP contribution in [0.5, 0.6) is 0 Å². The van der Waals surface area contributed by atoms with Gasteiger partial charge >= 0.3 is 5.97 Å². The Morgan fingerprint density at radius 1 is 1.56 bits per heavy atom. The van der Waals surface area contributed by atoms with Gasteiger partial charge in [-0.2, -0.15) is 0 Å². The van der Waals surface area contributed by atoms with E-state index < -0.39 is 5.97 Å². The van der Waals surface area contributed by atoms with E-state index in [0.29, 0.717) is 11.0 Å². The van der Waals surface area contributed by atoms with Crippen molar-refractivity contribution in [1.29, 1.82) is 0 Å². The summed E-state index contributed by atoms with van der Waals surface area (Å²) in [5.41, 5.74) is 1.05. The molecule has 0 aliphatic heterocycles. The van der Waals surface area contributed by atoms with E-state index >= 15 is 0 Å². The third-order valence-corrected chi connectivity index (χ3v) is 3.11. The molecule has 0 radical (unpaired) electrons. The lowest BCUT2D eigenvalue weighted by molar-refractivity contribution is 0.0696. The van der Waals surface area contributed by atoms with E-state index in [4.69, 9.17) is 5.11 Å². The van der Waals surface area contributed by atoms with Crippen molar-refractivity contribution in [2.75, 3.05) is 5.32 Å². The maximum atomic E-state index is 10.9. The molecule has 0 atom stereocenters. The molecule has 1 aromatic heterocycles. The second-order valence-corrected chi connectivity index (χ2v) is 4.57.